The van der Waals surface area contributed by atoms with Gasteiger partial charge in [-0.1, -0.05) is 24.1 Å². The molecule has 30 heavy (non-hydrogen) atoms. The minimum absolute atomic E-state index is 0.0560. The van der Waals surface area contributed by atoms with Gasteiger partial charge in [0.2, 0.25) is 5.91 Å². The lowest BCUT2D eigenvalue weighted by atomic mass is 10.1. The summed E-state index contributed by atoms with van der Waals surface area (Å²) in [6, 6.07) is 11.7. The van der Waals surface area contributed by atoms with Crippen molar-refractivity contribution in [1.29, 1.82) is 0 Å². The number of nitrogens with one attached hydrogen (secondary N) is 2. The van der Waals surface area contributed by atoms with Crippen LogP contribution in [0.15, 0.2) is 53.7 Å². The number of ether oxygens (including phenoxy) is 2. The van der Waals surface area contributed by atoms with Gasteiger partial charge in [-0.05, 0) is 35.9 Å². The molecule has 0 aliphatic carbocycles. The molecule has 0 saturated heterocycles. The highest BCUT2D eigenvalue weighted by Crippen LogP contribution is 2.28. The van der Waals surface area contributed by atoms with Gasteiger partial charge in [-0.2, -0.15) is 0 Å². The van der Waals surface area contributed by atoms with E-state index in [1.807, 2.05) is 0 Å². The minimum atomic E-state index is -0.418. The summed E-state index contributed by atoms with van der Waals surface area (Å²) in [5.41, 5.74) is 1.34. The first-order chi connectivity index (χ1) is 14.6. The van der Waals surface area contributed by atoms with Gasteiger partial charge in [0, 0.05) is 6.08 Å². The van der Waals surface area contributed by atoms with Crippen LogP contribution in [0, 0.1) is 12.3 Å². The van der Waals surface area contributed by atoms with Gasteiger partial charge in [0.05, 0.1) is 31.1 Å². The molecule has 0 fully saturated rings. The highest BCUT2D eigenvalue weighted by Gasteiger charge is 2.11. The lowest BCUT2D eigenvalue weighted by molar-refractivity contribution is -0.111. The van der Waals surface area contributed by atoms with E-state index in [0.717, 1.165) is 6.21 Å². The Morgan fingerprint density at radius 2 is 2.03 bits per heavy atom. The Labute approximate surface area is 174 Å². The van der Waals surface area contributed by atoms with Gasteiger partial charge in [-0.25, -0.2) is 0 Å². The molecule has 0 saturated carbocycles. The van der Waals surface area contributed by atoms with Crippen molar-refractivity contribution >= 4 is 29.8 Å². The number of anilines is 1. The number of carbonyl (C=O) groups is 2. The molecule has 0 radical (unpaired) electrons. The van der Waals surface area contributed by atoms with E-state index >= 15 is 0 Å². The van der Waals surface area contributed by atoms with E-state index in [4.69, 9.17) is 21.1 Å². The summed E-state index contributed by atoms with van der Waals surface area (Å²) < 4.78 is 10.7. The zero-order valence-electron chi connectivity index (χ0n) is 16.3. The normalized spacial score (nSPS) is 10.5. The van der Waals surface area contributed by atoms with Gasteiger partial charge in [0.15, 0.2) is 11.5 Å². The standard InChI is InChI=1S/C22H21N3O5/c1-3-14-30-19-10-8-16(15-20(19)29-2)9-11-21(26)25-18-7-5-4-6-17(18)22(27)23-12-13-24-28/h1,4-11,13,15,28H,12,14H2,2H3,(H,23,27)(H,25,26)/b11-9+,24-13+. The molecule has 0 aliphatic rings. The summed E-state index contributed by atoms with van der Waals surface area (Å²) in [5, 5.41) is 16.4. The summed E-state index contributed by atoms with van der Waals surface area (Å²) in [7, 11) is 1.51. The highest BCUT2D eigenvalue weighted by atomic mass is 16.5. The van der Waals surface area contributed by atoms with Crippen LogP contribution in [0.5, 0.6) is 11.5 Å². The second-order valence-corrected chi connectivity index (χ2v) is 5.78. The molecular weight excluding hydrogens is 386 g/mol. The third-order valence-electron chi connectivity index (χ3n) is 3.79. The van der Waals surface area contributed by atoms with Crippen molar-refractivity contribution in [3.05, 3.63) is 59.7 Å². The topological polar surface area (TPSA) is 109 Å². The van der Waals surface area contributed by atoms with Crippen molar-refractivity contribution in [2.75, 3.05) is 25.6 Å². The van der Waals surface area contributed by atoms with E-state index in [-0.39, 0.29) is 18.7 Å². The summed E-state index contributed by atoms with van der Waals surface area (Å²) in [6.07, 6.45) is 9.26. The fourth-order valence-electron chi connectivity index (χ4n) is 2.44. The number of benzene rings is 2. The van der Waals surface area contributed by atoms with Crippen molar-refractivity contribution in [3.63, 3.8) is 0 Å². The maximum atomic E-state index is 12.3. The van der Waals surface area contributed by atoms with Crippen LogP contribution in [0.2, 0.25) is 0 Å². The lowest BCUT2D eigenvalue weighted by Gasteiger charge is -2.10. The quantitative estimate of drug-likeness (QED) is 0.195. The van der Waals surface area contributed by atoms with Crippen molar-refractivity contribution < 1.29 is 24.3 Å². The number of hydrogen-bond acceptors (Lipinski definition) is 6. The average Bonchev–Trinajstić information content (AvgIpc) is 2.77. The molecular formula is C22H21N3O5. The van der Waals surface area contributed by atoms with Gasteiger partial charge in [0.25, 0.3) is 5.91 Å². The van der Waals surface area contributed by atoms with Crippen LogP contribution >= 0.6 is 0 Å². The molecule has 0 aromatic heterocycles. The van der Waals surface area contributed by atoms with E-state index in [1.165, 1.54) is 13.2 Å². The fourth-order valence-corrected chi connectivity index (χ4v) is 2.44. The van der Waals surface area contributed by atoms with Crippen LogP contribution in [-0.2, 0) is 4.79 Å². The number of oxime groups is 1. The Morgan fingerprint density at radius 3 is 2.77 bits per heavy atom. The average molecular weight is 407 g/mol. The van der Waals surface area contributed by atoms with E-state index in [0.29, 0.717) is 22.7 Å². The zero-order valence-corrected chi connectivity index (χ0v) is 16.3. The Morgan fingerprint density at radius 1 is 1.23 bits per heavy atom. The smallest absolute Gasteiger partial charge is 0.253 e. The fraction of sp³-hybridized carbons (Fsp3) is 0.136. The third-order valence-corrected chi connectivity index (χ3v) is 3.79. The second-order valence-electron chi connectivity index (χ2n) is 5.78. The van der Waals surface area contributed by atoms with Crippen molar-refractivity contribution in [2.24, 2.45) is 5.16 Å². The maximum Gasteiger partial charge on any atom is 0.253 e. The lowest BCUT2D eigenvalue weighted by Crippen LogP contribution is -2.26. The number of carbonyl (C=O) groups excluding carboxylic acids is 2. The number of methoxy groups -OCH3 is 1. The maximum absolute atomic E-state index is 12.3. The van der Waals surface area contributed by atoms with Gasteiger partial charge in [0.1, 0.15) is 6.61 Å². The summed E-state index contributed by atoms with van der Waals surface area (Å²) in [5.74, 6) is 2.54. The van der Waals surface area contributed by atoms with Crippen LogP contribution in [-0.4, -0.2) is 43.5 Å². The molecule has 8 nitrogen and oxygen atoms in total. The molecule has 0 bridgehead atoms. The van der Waals surface area contributed by atoms with Crippen LogP contribution < -0.4 is 20.1 Å². The molecule has 2 aromatic carbocycles. The predicted molar refractivity (Wildman–Crippen MR) is 114 cm³/mol. The summed E-state index contributed by atoms with van der Waals surface area (Å²) >= 11 is 0. The Kier molecular flexibility index (Phi) is 8.49. The molecule has 3 N–H and O–H groups in total. The number of rotatable bonds is 9. The second kappa shape index (κ2) is 11.6. The Balaban J connectivity index is 2.08. The molecule has 2 aromatic rings. The zero-order chi connectivity index (χ0) is 21.8. The molecule has 154 valence electrons. The number of terminal acetylenes is 1. The molecule has 0 heterocycles. The van der Waals surface area contributed by atoms with Gasteiger partial charge >= 0.3 is 0 Å². The van der Waals surface area contributed by atoms with Gasteiger partial charge in [-0.3, -0.25) is 9.59 Å². The molecule has 0 atom stereocenters. The molecule has 0 spiro atoms. The van der Waals surface area contributed by atoms with Gasteiger partial charge in [-0.15, -0.1) is 11.6 Å². The summed E-state index contributed by atoms with van der Waals surface area (Å²) in [4.78, 5) is 24.5. The van der Waals surface area contributed by atoms with Crippen LogP contribution in [0.4, 0.5) is 5.69 Å². The molecule has 8 heteroatoms. The van der Waals surface area contributed by atoms with Crippen molar-refractivity contribution in [3.8, 4) is 23.8 Å². The van der Waals surface area contributed by atoms with Gasteiger partial charge < -0.3 is 25.3 Å². The number of amides is 2. The highest BCUT2D eigenvalue weighted by molar-refractivity contribution is 6.07. The number of para-hydroxylation sites is 1. The first kappa shape index (κ1) is 22.0. The van der Waals surface area contributed by atoms with Crippen LogP contribution in [0.1, 0.15) is 15.9 Å². The molecule has 0 aliphatic heterocycles. The SMILES string of the molecule is C#CCOc1ccc(/C=C/C(=O)Nc2ccccc2C(=O)NC/C=N/O)cc1OC. The Hall–Kier alpha value is -4.25. The van der Waals surface area contributed by atoms with E-state index < -0.39 is 11.8 Å². The van der Waals surface area contributed by atoms with Crippen molar-refractivity contribution in [2.45, 2.75) is 0 Å². The van der Waals surface area contributed by atoms with E-state index in [2.05, 4.69) is 21.7 Å². The van der Waals surface area contributed by atoms with Crippen LogP contribution in [0.3, 0.4) is 0 Å². The van der Waals surface area contributed by atoms with Crippen LogP contribution in [0.25, 0.3) is 6.08 Å². The van der Waals surface area contributed by atoms with E-state index in [1.54, 1.807) is 48.5 Å². The number of hydrogen-bond donors (Lipinski definition) is 3. The molecule has 0 unspecified atom stereocenters. The monoisotopic (exact) mass is 407 g/mol. The number of nitrogens with zero attached hydrogens (tertiary/aromatic N) is 1. The molecule has 2 amide bonds. The third kappa shape index (κ3) is 6.42. The largest absolute Gasteiger partial charge is 0.493 e. The summed E-state index contributed by atoms with van der Waals surface area (Å²) in [6.45, 7) is 0.175. The Bertz CT molecular complexity index is 993. The first-order valence-electron chi connectivity index (χ1n) is 8.85. The predicted octanol–water partition coefficient (Wildman–Crippen LogP) is 2.55. The first-order valence-corrected chi connectivity index (χ1v) is 8.85. The van der Waals surface area contributed by atoms with Crippen molar-refractivity contribution in [1.82, 2.24) is 5.32 Å². The molecule has 2 rings (SSSR count). The minimum Gasteiger partial charge on any atom is -0.493 e. The van der Waals surface area contributed by atoms with E-state index in [9.17, 15) is 9.59 Å².